The summed E-state index contributed by atoms with van der Waals surface area (Å²) < 4.78 is 13.6. The number of nitrogens with zero attached hydrogens (tertiary/aromatic N) is 1. The molecule has 1 heterocycles. The summed E-state index contributed by atoms with van der Waals surface area (Å²) in [6.07, 6.45) is 3.59. The number of halogens is 1. The van der Waals surface area contributed by atoms with Gasteiger partial charge < -0.3 is 4.90 Å². The summed E-state index contributed by atoms with van der Waals surface area (Å²) in [4.78, 5) is 13.9. The number of hydrogen-bond donors (Lipinski definition) is 0. The van der Waals surface area contributed by atoms with Crippen LogP contribution in [0, 0.1) is 18.7 Å². The van der Waals surface area contributed by atoms with Gasteiger partial charge >= 0.3 is 0 Å². The maximum atomic E-state index is 13.6. The summed E-state index contributed by atoms with van der Waals surface area (Å²) in [6.45, 7) is 7.41. The Morgan fingerprint density at radius 3 is 2.84 bits per heavy atom. The van der Waals surface area contributed by atoms with Crippen LogP contribution < -0.4 is 4.90 Å². The Balaban J connectivity index is 2.29. The topological polar surface area (TPSA) is 20.3 Å². The number of anilines is 1. The van der Waals surface area contributed by atoms with Crippen molar-refractivity contribution in [3.05, 3.63) is 29.1 Å². The Morgan fingerprint density at radius 2 is 2.21 bits per heavy atom. The van der Waals surface area contributed by atoms with E-state index in [0.29, 0.717) is 17.0 Å². The Labute approximate surface area is 114 Å². The van der Waals surface area contributed by atoms with E-state index in [2.05, 4.69) is 11.8 Å². The molecule has 19 heavy (non-hydrogen) atoms. The molecule has 2 nitrogen and oxygen atoms in total. The van der Waals surface area contributed by atoms with Crippen molar-refractivity contribution in [1.29, 1.82) is 0 Å². The predicted octanol–water partition coefficient (Wildman–Crippen LogP) is 3.96. The summed E-state index contributed by atoms with van der Waals surface area (Å²) in [7, 11) is 0. The highest BCUT2D eigenvalue weighted by molar-refractivity contribution is 6.00. The van der Waals surface area contributed by atoms with Crippen LogP contribution in [-0.4, -0.2) is 18.9 Å². The van der Waals surface area contributed by atoms with E-state index >= 15 is 0 Å². The molecule has 1 aromatic carbocycles. The molecule has 3 heteroatoms. The van der Waals surface area contributed by atoms with E-state index in [1.54, 1.807) is 6.92 Å². The van der Waals surface area contributed by atoms with Gasteiger partial charge in [-0.05, 0) is 50.3 Å². The van der Waals surface area contributed by atoms with Gasteiger partial charge in [0.2, 0.25) is 0 Å². The minimum atomic E-state index is -0.293. The minimum Gasteiger partial charge on any atom is -0.371 e. The lowest BCUT2D eigenvalue weighted by atomic mass is 10.0. The molecule has 0 radical (unpaired) electrons. The van der Waals surface area contributed by atoms with Crippen molar-refractivity contribution in [3.8, 4) is 0 Å². The Morgan fingerprint density at radius 1 is 1.47 bits per heavy atom. The van der Waals surface area contributed by atoms with Crippen molar-refractivity contribution in [2.75, 3.05) is 18.0 Å². The second-order valence-electron chi connectivity index (χ2n) is 5.56. The van der Waals surface area contributed by atoms with Crippen LogP contribution in [0.5, 0.6) is 0 Å². The van der Waals surface area contributed by atoms with Crippen LogP contribution in [0.15, 0.2) is 12.1 Å². The lowest BCUT2D eigenvalue weighted by Gasteiger charge is -2.22. The third-order valence-electron chi connectivity index (χ3n) is 3.98. The first kappa shape index (κ1) is 14.0. The van der Waals surface area contributed by atoms with E-state index in [1.807, 2.05) is 6.07 Å². The van der Waals surface area contributed by atoms with Gasteiger partial charge in [-0.15, -0.1) is 0 Å². The van der Waals surface area contributed by atoms with E-state index < -0.39 is 0 Å². The maximum Gasteiger partial charge on any atom is 0.161 e. The number of Topliss-reactive ketones (excluding diaryl/α,β-unsaturated/α-hetero) is 1. The summed E-state index contributed by atoms with van der Waals surface area (Å²) in [5.74, 6) is 0.348. The third-order valence-corrected chi connectivity index (χ3v) is 3.98. The third kappa shape index (κ3) is 2.96. The van der Waals surface area contributed by atoms with Gasteiger partial charge in [0, 0.05) is 24.3 Å². The van der Waals surface area contributed by atoms with Crippen LogP contribution >= 0.6 is 0 Å². The number of rotatable bonds is 4. The van der Waals surface area contributed by atoms with Gasteiger partial charge in [-0.3, -0.25) is 4.79 Å². The lowest BCUT2D eigenvalue weighted by Crippen LogP contribution is -2.22. The van der Waals surface area contributed by atoms with Gasteiger partial charge in [-0.2, -0.15) is 0 Å². The lowest BCUT2D eigenvalue weighted by molar-refractivity contribution is 0.101. The molecule has 1 aliphatic rings. The Hall–Kier alpha value is -1.38. The molecule has 0 N–H and O–H groups in total. The number of ketones is 1. The first-order valence-electron chi connectivity index (χ1n) is 7.09. The van der Waals surface area contributed by atoms with Gasteiger partial charge in [0.1, 0.15) is 5.82 Å². The molecule has 0 spiro atoms. The zero-order valence-electron chi connectivity index (χ0n) is 12.0. The van der Waals surface area contributed by atoms with Crippen LogP contribution in [0.4, 0.5) is 10.1 Å². The molecule has 0 amide bonds. The van der Waals surface area contributed by atoms with Crippen molar-refractivity contribution >= 4 is 11.5 Å². The minimum absolute atomic E-state index is 0.0622. The second kappa shape index (κ2) is 5.72. The Kier molecular flexibility index (Phi) is 4.23. The molecule has 1 aliphatic heterocycles. The quantitative estimate of drug-likeness (QED) is 0.766. The van der Waals surface area contributed by atoms with E-state index in [-0.39, 0.29) is 11.6 Å². The fourth-order valence-corrected chi connectivity index (χ4v) is 2.91. The van der Waals surface area contributed by atoms with Crippen LogP contribution in [0.2, 0.25) is 0 Å². The average molecular weight is 263 g/mol. The molecule has 1 aromatic rings. The molecule has 1 atom stereocenters. The van der Waals surface area contributed by atoms with E-state index in [1.165, 1.54) is 32.3 Å². The average Bonchev–Trinajstić information content (AvgIpc) is 2.81. The SMILES string of the molecule is CCCC1CCN(c2cc(C)c(F)cc2C(C)=O)C1. The van der Waals surface area contributed by atoms with Crippen LogP contribution in [0.3, 0.4) is 0 Å². The zero-order chi connectivity index (χ0) is 14.0. The van der Waals surface area contributed by atoms with E-state index in [4.69, 9.17) is 0 Å². The van der Waals surface area contributed by atoms with Crippen LogP contribution in [0.25, 0.3) is 0 Å². The normalized spacial score (nSPS) is 18.9. The number of aryl methyl sites for hydroxylation is 1. The maximum absolute atomic E-state index is 13.6. The molecule has 0 aliphatic carbocycles. The van der Waals surface area contributed by atoms with Crippen LogP contribution in [0.1, 0.15) is 49.0 Å². The fraction of sp³-hybridized carbons (Fsp3) is 0.562. The fourth-order valence-electron chi connectivity index (χ4n) is 2.91. The number of benzene rings is 1. The highest BCUT2D eigenvalue weighted by Gasteiger charge is 2.25. The van der Waals surface area contributed by atoms with Gasteiger partial charge in [0.15, 0.2) is 5.78 Å². The molecule has 1 saturated heterocycles. The molecule has 0 aromatic heterocycles. The standard InChI is InChI=1S/C16H22FNO/c1-4-5-13-6-7-18(10-13)16-8-11(2)15(17)9-14(16)12(3)19/h8-9,13H,4-7,10H2,1-3H3. The largest absolute Gasteiger partial charge is 0.371 e. The van der Waals surface area contributed by atoms with Crippen molar-refractivity contribution < 1.29 is 9.18 Å². The number of hydrogen-bond acceptors (Lipinski definition) is 2. The summed E-state index contributed by atoms with van der Waals surface area (Å²) >= 11 is 0. The van der Waals surface area contributed by atoms with Crippen molar-refractivity contribution in [2.24, 2.45) is 5.92 Å². The molecule has 0 bridgehead atoms. The highest BCUT2D eigenvalue weighted by atomic mass is 19.1. The first-order chi connectivity index (χ1) is 9.02. The zero-order valence-corrected chi connectivity index (χ0v) is 12.0. The molecular formula is C16H22FNO. The number of carbonyl (C=O) groups excluding carboxylic acids is 1. The van der Waals surface area contributed by atoms with Crippen molar-refractivity contribution in [3.63, 3.8) is 0 Å². The molecule has 104 valence electrons. The smallest absolute Gasteiger partial charge is 0.161 e. The van der Waals surface area contributed by atoms with Gasteiger partial charge in [-0.1, -0.05) is 13.3 Å². The van der Waals surface area contributed by atoms with Gasteiger partial charge in [0.05, 0.1) is 0 Å². The summed E-state index contributed by atoms with van der Waals surface area (Å²) in [5, 5.41) is 0. The first-order valence-corrected chi connectivity index (χ1v) is 7.09. The van der Waals surface area contributed by atoms with Gasteiger partial charge in [-0.25, -0.2) is 4.39 Å². The van der Waals surface area contributed by atoms with Crippen molar-refractivity contribution in [1.82, 2.24) is 0 Å². The van der Waals surface area contributed by atoms with E-state index in [9.17, 15) is 9.18 Å². The molecule has 1 unspecified atom stereocenters. The molecular weight excluding hydrogens is 241 g/mol. The van der Waals surface area contributed by atoms with Gasteiger partial charge in [0.25, 0.3) is 0 Å². The molecule has 2 rings (SSSR count). The molecule has 0 saturated carbocycles. The second-order valence-corrected chi connectivity index (χ2v) is 5.56. The predicted molar refractivity (Wildman–Crippen MR) is 76.4 cm³/mol. The highest BCUT2D eigenvalue weighted by Crippen LogP contribution is 2.31. The van der Waals surface area contributed by atoms with Crippen LogP contribution in [-0.2, 0) is 0 Å². The monoisotopic (exact) mass is 263 g/mol. The molecule has 1 fully saturated rings. The van der Waals surface area contributed by atoms with Crippen molar-refractivity contribution in [2.45, 2.75) is 40.0 Å². The Bertz CT molecular complexity index is 484. The van der Waals surface area contributed by atoms with E-state index in [0.717, 1.165) is 18.8 Å². The number of carbonyl (C=O) groups is 1. The summed E-state index contributed by atoms with van der Waals surface area (Å²) in [5.41, 5.74) is 2.03. The summed E-state index contributed by atoms with van der Waals surface area (Å²) in [6, 6.07) is 3.21.